The van der Waals surface area contributed by atoms with Crippen LogP contribution in [0.2, 0.25) is 0 Å². The molecular formula is C24H20F6N2O4. The van der Waals surface area contributed by atoms with Crippen molar-refractivity contribution < 1.29 is 45.8 Å². The average molecular weight is 514 g/mol. The molecule has 0 aliphatic carbocycles. The van der Waals surface area contributed by atoms with E-state index in [2.05, 4.69) is 4.98 Å². The van der Waals surface area contributed by atoms with E-state index in [0.29, 0.717) is 24.8 Å². The first-order chi connectivity index (χ1) is 16.6. The number of pyridine rings is 1. The summed E-state index contributed by atoms with van der Waals surface area (Å²) in [5.41, 5.74) is -3.52. The number of aliphatic carboxylic acids is 1. The van der Waals surface area contributed by atoms with Gasteiger partial charge in [-0.25, -0.2) is 4.79 Å². The standard InChI is InChI=1S/C24H20F6N2O4/c1-22(2,24(28,29)30)19(21(34)35)32-20(33)16-10-7-14-4-3-11-31-17(14)18(16)36-12-13-5-8-15(9-6-13)23(25,26)27/h3-11,19H,12H2,1-2H3,(H,32,33)(H,34,35). The van der Waals surface area contributed by atoms with Crippen LogP contribution in [0.15, 0.2) is 54.7 Å². The average Bonchev–Trinajstić information content (AvgIpc) is 2.79. The van der Waals surface area contributed by atoms with E-state index in [0.717, 1.165) is 12.1 Å². The van der Waals surface area contributed by atoms with Gasteiger partial charge in [0.05, 0.1) is 16.5 Å². The van der Waals surface area contributed by atoms with Gasteiger partial charge in [-0.2, -0.15) is 26.3 Å². The molecule has 1 atom stereocenters. The summed E-state index contributed by atoms with van der Waals surface area (Å²) in [6.45, 7) is 0.997. The quantitative estimate of drug-likeness (QED) is 0.401. The maximum atomic E-state index is 13.5. The first-order valence-electron chi connectivity index (χ1n) is 10.4. The van der Waals surface area contributed by atoms with Crippen molar-refractivity contribution >= 4 is 22.8 Å². The Balaban J connectivity index is 1.96. The normalized spacial score (nSPS) is 13.3. The number of hydrogen-bond acceptors (Lipinski definition) is 4. The minimum absolute atomic E-state index is 0.152. The summed E-state index contributed by atoms with van der Waals surface area (Å²) in [5, 5.41) is 11.8. The van der Waals surface area contributed by atoms with Crippen molar-refractivity contribution in [2.75, 3.05) is 0 Å². The molecule has 1 amide bonds. The summed E-state index contributed by atoms with van der Waals surface area (Å²) in [5.74, 6) is -3.22. The van der Waals surface area contributed by atoms with Gasteiger partial charge < -0.3 is 15.2 Å². The van der Waals surface area contributed by atoms with E-state index in [-0.39, 0.29) is 23.4 Å². The van der Waals surface area contributed by atoms with Crippen molar-refractivity contribution in [1.29, 1.82) is 0 Å². The summed E-state index contributed by atoms with van der Waals surface area (Å²) in [6.07, 6.45) is -8.10. The number of carboxylic acids is 1. The molecule has 1 aromatic heterocycles. The fourth-order valence-corrected chi connectivity index (χ4v) is 3.31. The fraction of sp³-hybridized carbons (Fsp3) is 0.292. The zero-order chi connectivity index (χ0) is 26.9. The van der Waals surface area contributed by atoms with Crippen LogP contribution in [-0.2, 0) is 17.6 Å². The zero-order valence-electron chi connectivity index (χ0n) is 18.9. The predicted molar refractivity (Wildman–Crippen MR) is 116 cm³/mol. The van der Waals surface area contributed by atoms with Crippen LogP contribution in [0.3, 0.4) is 0 Å². The van der Waals surface area contributed by atoms with E-state index in [4.69, 9.17) is 4.74 Å². The number of ether oxygens (including phenoxy) is 1. The highest BCUT2D eigenvalue weighted by Gasteiger charge is 2.55. The number of carbonyl (C=O) groups excluding carboxylic acids is 1. The number of benzene rings is 2. The number of alkyl halides is 6. The van der Waals surface area contributed by atoms with Crippen molar-refractivity contribution in [3.05, 3.63) is 71.4 Å². The lowest BCUT2D eigenvalue weighted by Gasteiger charge is -2.33. The van der Waals surface area contributed by atoms with Crippen LogP contribution in [0, 0.1) is 5.41 Å². The Labute approximate surface area is 200 Å². The van der Waals surface area contributed by atoms with Crippen LogP contribution in [0.25, 0.3) is 10.9 Å². The van der Waals surface area contributed by atoms with Gasteiger partial charge >= 0.3 is 18.3 Å². The number of carboxylic acid groups (broad SMARTS) is 1. The minimum atomic E-state index is -4.95. The van der Waals surface area contributed by atoms with Crippen molar-refractivity contribution in [1.82, 2.24) is 10.3 Å². The summed E-state index contributed by atoms with van der Waals surface area (Å²) in [6, 6.07) is 7.63. The number of aromatic nitrogens is 1. The second-order valence-corrected chi connectivity index (χ2v) is 8.46. The zero-order valence-corrected chi connectivity index (χ0v) is 18.9. The predicted octanol–water partition coefficient (Wildman–Crippen LogP) is 5.60. The van der Waals surface area contributed by atoms with Gasteiger partial charge in [0.2, 0.25) is 0 Å². The maximum absolute atomic E-state index is 13.5. The summed E-state index contributed by atoms with van der Waals surface area (Å²) in [4.78, 5) is 28.8. The first-order valence-corrected chi connectivity index (χ1v) is 10.4. The Bertz CT molecular complexity index is 1270. The van der Waals surface area contributed by atoms with Crippen LogP contribution in [-0.4, -0.2) is 34.2 Å². The lowest BCUT2D eigenvalue weighted by atomic mass is 9.83. The Morgan fingerprint density at radius 3 is 2.19 bits per heavy atom. The number of amides is 1. The van der Waals surface area contributed by atoms with E-state index in [1.165, 1.54) is 30.5 Å². The van der Waals surface area contributed by atoms with Crippen molar-refractivity contribution in [2.24, 2.45) is 5.41 Å². The van der Waals surface area contributed by atoms with Crippen LogP contribution in [0.1, 0.15) is 35.3 Å². The Morgan fingerprint density at radius 2 is 1.64 bits per heavy atom. The number of rotatable bonds is 7. The van der Waals surface area contributed by atoms with E-state index in [1.54, 1.807) is 12.1 Å². The van der Waals surface area contributed by atoms with Crippen LogP contribution < -0.4 is 10.1 Å². The molecule has 192 valence electrons. The Kier molecular flexibility index (Phi) is 7.19. The second-order valence-electron chi connectivity index (χ2n) is 8.46. The summed E-state index contributed by atoms with van der Waals surface area (Å²) < 4.78 is 84.6. The van der Waals surface area contributed by atoms with Gasteiger partial charge in [0.15, 0.2) is 5.75 Å². The van der Waals surface area contributed by atoms with Crippen molar-refractivity contribution in [3.8, 4) is 5.75 Å². The third-order valence-electron chi connectivity index (χ3n) is 5.61. The molecule has 3 rings (SSSR count). The monoisotopic (exact) mass is 514 g/mol. The fourth-order valence-electron chi connectivity index (χ4n) is 3.31. The lowest BCUT2D eigenvalue weighted by Crippen LogP contribution is -2.56. The molecule has 0 radical (unpaired) electrons. The summed E-state index contributed by atoms with van der Waals surface area (Å²) >= 11 is 0. The number of carbonyl (C=O) groups is 2. The molecule has 0 spiro atoms. The first kappa shape index (κ1) is 26.8. The molecule has 0 saturated carbocycles. The molecule has 1 heterocycles. The largest absolute Gasteiger partial charge is 0.486 e. The van der Waals surface area contributed by atoms with E-state index < -0.39 is 41.2 Å². The molecule has 3 aromatic rings. The maximum Gasteiger partial charge on any atom is 0.416 e. The SMILES string of the molecule is CC(C)(C(NC(=O)c1ccc2cccnc2c1OCc1ccc(C(F)(F)F)cc1)C(=O)O)C(F)(F)F. The topological polar surface area (TPSA) is 88.5 Å². The van der Waals surface area contributed by atoms with Gasteiger partial charge in [-0.15, -0.1) is 0 Å². The smallest absolute Gasteiger partial charge is 0.416 e. The van der Waals surface area contributed by atoms with Gasteiger partial charge in [0.1, 0.15) is 18.2 Å². The van der Waals surface area contributed by atoms with Gasteiger partial charge in [-0.05, 0) is 43.7 Å². The number of halogens is 6. The molecule has 0 aliphatic rings. The molecule has 0 fully saturated rings. The number of fused-ring (bicyclic) bond motifs is 1. The highest BCUT2D eigenvalue weighted by atomic mass is 19.4. The molecule has 12 heteroatoms. The van der Waals surface area contributed by atoms with Crippen LogP contribution >= 0.6 is 0 Å². The molecule has 36 heavy (non-hydrogen) atoms. The van der Waals surface area contributed by atoms with Crippen molar-refractivity contribution in [2.45, 2.75) is 38.8 Å². The molecule has 0 bridgehead atoms. The third kappa shape index (κ3) is 5.52. The molecule has 2 aromatic carbocycles. The molecule has 1 unspecified atom stereocenters. The molecule has 6 nitrogen and oxygen atoms in total. The highest BCUT2D eigenvalue weighted by molar-refractivity contribution is 6.04. The highest BCUT2D eigenvalue weighted by Crippen LogP contribution is 2.41. The lowest BCUT2D eigenvalue weighted by molar-refractivity contribution is -0.223. The Morgan fingerprint density at radius 1 is 1.00 bits per heavy atom. The number of nitrogens with one attached hydrogen (secondary N) is 1. The van der Waals surface area contributed by atoms with E-state index >= 15 is 0 Å². The molecular weight excluding hydrogens is 494 g/mol. The second kappa shape index (κ2) is 9.67. The molecule has 0 aliphatic heterocycles. The molecule has 2 N–H and O–H groups in total. The van der Waals surface area contributed by atoms with Crippen LogP contribution in [0.5, 0.6) is 5.75 Å². The van der Waals surface area contributed by atoms with E-state index in [9.17, 15) is 41.0 Å². The third-order valence-corrected chi connectivity index (χ3v) is 5.61. The summed E-state index contributed by atoms with van der Waals surface area (Å²) in [7, 11) is 0. The van der Waals surface area contributed by atoms with Gasteiger partial charge in [-0.1, -0.05) is 24.3 Å². The van der Waals surface area contributed by atoms with Gasteiger partial charge in [-0.3, -0.25) is 9.78 Å². The number of hydrogen-bond donors (Lipinski definition) is 2. The number of nitrogens with zero attached hydrogens (tertiary/aromatic N) is 1. The Hall–Kier alpha value is -3.83. The molecule has 0 saturated heterocycles. The van der Waals surface area contributed by atoms with E-state index in [1.807, 2.05) is 5.32 Å². The van der Waals surface area contributed by atoms with Crippen molar-refractivity contribution in [3.63, 3.8) is 0 Å². The van der Waals surface area contributed by atoms with Gasteiger partial charge in [0, 0.05) is 11.6 Å². The van der Waals surface area contributed by atoms with Gasteiger partial charge in [0.25, 0.3) is 5.91 Å². The minimum Gasteiger partial charge on any atom is -0.486 e. The van der Waals surface area contributed by atoms with Crippen LogP contribution in [0.4, 0.5) is 26.3 Å².